The average molecular weight is 305 g/mol. The normalized spacial score (nSPS) is 16.3. The summed E-state index contributed by atoms with van der Waals surface area (Å²) in [6.07, 6.45) is 1.47. The van der Waals surface area contributed by atoms with E-state index in [1.807, 2.05) is 30.3 Å². The molecular weight excluding hydrogens is 282 g/mol. The molecule has 120 valence electrons. The molecule has 5 nitrogen and oxygen atoms in total. The van der Waals surface area contributed by atoms with Gasteiger partial charge in [-0.2, -0.15) is 0 Å². The van der Waals surface area contributed by atoms with Crippen LogP contribution in [0.25, 0.3) is 0 Å². The molecule has 2 rings (SSSR count). The van der Waals surface area contributed by atoms with Gasteiger partial charge in [0.15, 0.2) is 0 Å². The lowest BCUT2D eigenvalue weighted by Crippen LogP contribution is -2.60. The molecule has 5 heteroatoms. The maximum Gasteiger partial charge on any atom is 0.408 e. The molecule has 1 fully saturated rings. The zero-order valence-corrected chi connectivity index (χ0v) is 13.3. The van der Waals surface area contributed by atoms with E-state index in [-0.39, 0.29) is 6.61 Å². The Kier molecular flexibility index (Phi) is 4.74. The highest BCUT2D eigenvalue weighted by Crippen LogP contribution is 2.33. The van der Waals surface area contributed by atoms with Crippen LogP contribution in [-0.4, -0.2) is 23.2 Å². The number of hydrogen-bond acceptors (Lipinski definition) is 4. The quantitative estimate of drug-likeness (QED) is 0.868. The van der Waals surface area contributed by atoms with Gasteiger partial charge in [0, 0.05) is 0 Å². The maximum absolute atomic E-state index is 12.3. The first-order chi connectivity index (χ1) is 10.3. The molecular formula is C17H23NO4. The van der Waals surface area contributed by atoms with Gasteiger partial charge in [0.2, 0.25) is 0 Å². The third-order valence-corrected chi connectivity index (χ3v) is 3.55. The van der Waals surface area contributed by atoms with Gasteiger partial charge in [-0.15, -0.1) is 0 Å². The Morgan fingerprint density at radius 1 is 1.18 bits per heavy atom. The fourth-order valence-corrected chi connectivity index (χ4v) is 2.27. The van der Waals surface area contributed by atoms with E-state index in [1.165, 1.54) is 0 Å². The summed E-state index contributed by atoms with van der Waals surface area (Å²) < 4.78 is 10.6. The van der Waals surface area contributed by atoms with Crippen LogP contribution in [0.5, 0.6) is 0 Å². The molecule has 0 aliphatic heterocycles. The van der Waals surface area contributed by atoms with Crippen molar-refractivity contribution in [3.05, 3.63) is 35.9 Å². The molecule has 22 heavy (non-hydrogen) atoms. The van der Waals surface area contributed by atoms with E-state index < -0.39 is 23.2 Å². The molecule has 1 aliphatic rings. The van der Waals surface area contributed by atoms with Gasteiger partial charge >= 0.3 is 12.1 Å². The molecule has 1 saturated carbocycles. The topological polar surface area (TPSA) is 64.6 Å². The second-order valence-electron chi connectivity index (χ2n) is 6.62. The summed E-state index contributed by atoms with van der Waals surface area (Å²) in [4.78, 5) is 24.2. The Balaban J connectivity index is 1.92. The molecule has 0 heterocycles. The van der Waals surface area contributed by atoms with E-state index in [9.17, 15) is 9.59 Å². The molecule has 0 unspecified atom stereocenters. The van der Waals surface area contributed by atoms with Crippen molar-refractivity contribution in [2.24, 2.45) is 0 Å². The van der Waals surface area contributed by atoms with Crippen LogP contribution in [0.3, 0.4) is 0 Å². The fraction of sp³-hybridized carbons (Fsp3) is 0.529. The Morgan fingerprint density at radius 3 is 2.32 bits per heavy atom. The first-order valence-corrected chi connectivity index (χ1v) is 7.53. The fourth-order valence-electron chi connectivity index (χ4n) is 2.27. The summed E-state index contributed by atoms with van der Waals surface area (Å²) in [5.41, 5.74) is -0.609. The molecule has 0 radical (unpaired) electrons. The number of amides is 1. The summed E-state index contributed by atoms with van der Waals surface area (Å²) in [6.45, 7) is 5.56. The van der Waals surface area contributed by atoms with E-state index in [1.54, 1.807) is 20.8 Å². The molecule has 1 aliphatic carbocycles. The van der Waals surface area contributed by atoms with Crippen molar-refractivity contribution >= 4 is 12.1 Å². The Morgan fingerprint density at radius 2 is 1.82 bits per heavy atom. The lowest BCUT2D eigenvalue weighted by atomic mass is 9.77. The van der Waals surface area contributed by atoms with E-state index in [2.05, 4.69) is 5.32 Å². The summed E-state index contributed by atoms with van der Waals surface area (Å²) in [5.74, 6) is -0.395. The Labute approximate surface area is 131 Å². The van der Waals surface area contributed by atoms with Crippen LogP contribution in [0.15, 0.2) is 30.3 Å². The third-order valence-electron chi connectivity index (χ3n) is 3.55. The highest BCUT2D eigenvalue weighted by molar-refractivity contribution is 5.86. The third kappa shape index (κ3) is 4.23. The van der Waals surface area contributed by atoms with Crippen molar-refractivity contribution in [2.75, 3.05) is 0 Å². The number of hydrogen-bond donors (Lipinski definition) is 1. The highest BCUT2D eigenvalue weighted by Gasteiger charge is 2.47. The van der Waals surface area contributed by atoms with Crippen molar-refractivity contribution in [3.63, 3.8) is 0 Å². The molecule has 0 atom stereocenters. The SMILES string of the molecule is CC(C)(C)OC(=O)NC1(C(=O)OCc2ccccc2)CCC1. The Bertz CT molecular complexity index is 529. The van der Waals surface area contributed by atoms with Crippen LogP contribution in [-0.2, 0) is 20.9 Å². The number of alkyl carbamates (subject to hydrolysis) is 1. The second kappa shape index (κ2) is 6.38. The lowest BCUT2D eigenvalue weighted by Gasteiger charge is -2.39. The summed E-state index contributed by atoms with van der Waals surface area (Å²) in [5, 5.41) is 2.69. The number of nitrogens with one attached hydrogen (secondary N) is 1. The van der Waals surface area contributed by atoms with Gasteiger partial charge in [-0.3, -0.25) is 0 Å². The number of ether oxygens (including phenoxy) is 2. The van der Waals surface area contributed by atoms with Gasteiger partial charge in [0.25, 0.3) is 0 Å². The zero-order valence-electron chi connectivity index (χ0n) is 13.3. The van der Waals surface area contributed by atoms with Crippen molar-refractivity contribution in [1.29, 1.82) is 0 Å². The minimum absolute atomic E-state index is 0.206. The van der Waals surface area contributed by atoms with Gasteiger partial charge in [-0.25, -0.2) is 9.59 Å². The van der Waals surface area contributed by atoms with Crippen LogP contribution in [0.2, 0.25) is 0 Å². The molecule has 1 aromatic carbocycles. The van der Waals surface area contributed by atoms with Crippen molar-refractivity contribution in [2.45, 2.75) is 57.8 Å². The minimum Gasteiger partial charge on any atom is -0.459 e. The lowest BCUT2D eigenvalue weighted by molar-refractivity contribution is -0.157. The molecule has 1 aromatic rings. The number of benzene rings is 1. The van der Waals surface area contributed by atoms with E-state index >= 15 is 0 Å². The van der Waals surface area contributed by atoms with Crippen molar-refractivity contribution in [3.8, 4) is 0 Å². The largest absolute Gasteiger partial charge is 0.459 e. The van der Waals surface area contributed by atoms with Gasteiger partial charge in [-0.1, -0.05) is 30.3 Å². The average Bonchev–Trinajstić information content (AvgIpc) is 2.39. The molecule has 0 saturated heterocycles. The number of esters is 1. The predicted octanol–water partition coefficient (Wildman–Crippen LogP) is 3.18. The van der Waals surface area contributed by atoms with E-state index in [4.69, 9.17) is 9.47 Å². The van der Waals surface area contributed by atoms with E-state index in [0.717, 1.165) is 12.0 Å². The molecule has 1 N–H and O–H groups in total. The molecule has 0 bridgehead atoms. The number of rotatable bonds is 4. The molecule has 1 amide bonds. The first kappa shape index (κ1) is 16.3. The summed E-state index contributed by atoms with van der Waals surface area (Å²) in [6, 6.07) is 9.47. The summed E-state index contributed by atoms with van der Waals surface area (Å²) in [7, 11) is 0. The smallest absolute Gasteiger partial charge is 0.408 e. The number of carbonyl (C=O) groups excluding carboxylic acids is 2. The van der Waals surface area contributed by atoms with Crippen LogP contribution in [0, 0.1) is 0 Å². The van der Waals surface area contributed by atoms with Crippen LogP contribution >= 0.6 is 0 Å². The van der Waals surface area contributed by atoms with Crippen molar-refractivity contribution < 1.29 is 19.1 Å². The first-order valence-electron chi connectivity index (χ1n) is 7.53. The second-order valence-corrected chi connectivity index (χ2v) is 6.62. The summed E-state index contributed by atoms with van der Waals surface area (Å²) >= 11 is 0. The zero-order chi connectivity index (χ0) is 16.2. The van der Waals surface area contributed by atoms with Gasteiger partial charge < -0.3 is 14.8 Å². The van der Waals surface area contributed by atoms with Crippen LogP contribution < -0.4 is 5.32 Å². The monoisotopic (exact) mass is 305 g/mol. The van der Waals surface area contributed by atoms with E-state index in [0.29, 0.717) is 12.8 Å². The van der Waals surface area contributed by atoms with Gasteiger partial charge in [-0.05, 0) is 45.6 Å². The van der Waals surface area contributed by atoms with Crippen LogP contribution in [0.1, 0.15) is 45.6 Å². The Hall–Kier alpha value is -2.04. The molecule has 0 aromatic heterocycles. The number of carbonyl (C=O) groups is 2. The predicted molar refractivity (Wildman–Crippen MR) is 82.2 cm³/mol. The van der Waals surface area contributed by atoms with Crippen molar-refractivity contribution in [1.82, 2.24) is 5.32 Å². The maximum atomic E-state index is 12.3. The van der Waals surface area contributed by atoms with Crippen LogP contribution in [0.4, 0.5) is 4.79 Å². The van der Waals surface area contributed by atoms with Gasteiger partial charge in [0.1, 0.15) is 17.7 Å². The highest BCUT2D eigenvalue weighted by atomic mass is 16.6. The molecule has 0 spiro atoms. The standard InChI is InChI=1S/C17H23NO4/c1-16(2,3)22-15(20)18-17(10-7-11-17)14(19)21-12-13-8-5-4-6-9-13/h4-6,8-9H,7,10-12H2,1-3H3,(H,18,20). The van der Waals surface area contributed by atoms with Gasteiger partial charge in [0.05, 0.1) is 0 Å². The minimum atomic E-state index is -0.933.